The number of nitrogens with zero attached hydrogens (tertiary/aromatic N) is 1. The minimum absolute atomic E-state index is 0.109. The maximum atomic E-state index is 12.2. The fraction of sp³-hybridized carbons (Fsp3) is 0.381. The number of carbonyl (C=O) groups is 3. The number of amides is 2. The predicted molar refractivity (Wildman–Crippen MR) is 110 cm³/mol. The minimum Gasteiger partial charge on any atom is -0.456 e. The number of carbonyl (C=O) groups excluding carboxylic acids is 3. The van der Waals surface area contributed by atoms with Crippen molar-refractivity contribution in [1.82, 2.24) is 4.90 Å². The second kappa shape index (κ2) is 10.6. The molecule has 7 heteroatoms. The zero-order chi connectivity index (χ0) is 20.5. The highest BCUT2D eigenvalue weighted by molar-refractivity contribution is 7.09. The number of esters is 1. The lowest BCUT2D eigenvalue weighted by atomic mass is 10.1. The Morgan fingerprint density at radius 1 is 1.18 bits per heavy atom. The van der Waals surface area contributed by atoms with Gasteiger partial charge in [-0.15, -0.1) is 11.3 Å². The molecule has 0 bridgehead atoms. The van der Waals surface area contributed by atoms with Crippen molar-refractivity contribution in [1.29, 1.82) is 0 Å². The van der Waals surface area contributed by atoms with Gasteiger partial charge in [0.25, 0.3) is 5.91 Å². The number of nitrogens with one attached hydrogen (secondary N) is 1. The van der Waals surface area contributed by atoms with Gasteiger partial charge in [-0.25, -0.2) is 0 Å². The lowest BCUT2D eigenvalue weighted by Gasteiger charge is -2.17. The van der Waals surface area contributed by atoms with E-state index in [-0.39, 0.29) is 25.5 Å². The molecule has 0 saturated carbocycles. The Balaban J connectivity index is 1.69. The van der Waals surface area contributed by atoms with Crippen molar-refractivity contribution < 1.29 is 19.1 Å². The molecule has 1 heterocycles. The second-order valence-electron chi connectivity index (χ2n) is 6.71. The number of ether oxygens (including phenoxy) is 1. The summed E-state index contributed by atoms with van der Waals surface area (Å²) in [5.74, 6) is -1.12. The third-order valence-corrected chi connectivity index (χ3v) is 5.15. The zero-order valence-corrected chi connectivity index (χ0v) is 17.3. The molecule has 0 fully saturated rings. The Morgan fingerprint density at radius 3 is 2.68 bits per heavy atom. The van der Waals surface area contributed by atoms with E-state index in [1.54, 1.807) is 11.3 Å². The van der Waals surface area contributed by atoms with Crippen molar-refractivity contribution in [3.8, 4) is 0 Å². The van der Waals surface area contributed by atoms with E-state index < -0.39 is 11.9 Å². The third kappa shape index (κ3) is 7.15. The van der Waals surface area contributed by atoms with Crippen LogP contribution in [-0.2, 0) is 25.5 Å². The van der Waals surface area contributed by atoms with E-state index in [1.807, 2.05) is 49.6 Å². The maximum absolute atomic E-state index is 12.2. The van der Waals surface area contributed by atoms with E-state index >= 15 is 0 Å². The van der Waals surface area contributed by atoms with Crippen molar-refractivity contribution in [2.45, 2.75) is 33.1 Å². The summed E-state index contributed by atoms with van der Waals surface area (Å²) in [6, 6.07) is 9.78. The standard InChI is InChI=1S/C21H26N2O4S/c1-15-9-10-16(2)18(12-15)22-19(24)13-23(3)20(25)14-27-21(26)8-4-6-17-7-5-11-28-17/h5,7,9-12H,4,6,8,13-14H2,1-3H3,(H,22,24). The van der Waals surface area contributed by atoms with Gasteiger partial charge in [-0.1, -0.05) is 18.2 Å². The number of likely N-dealkylation sites (N-methyl/N-ethyl adjacent to an activating group) is 1. The van der Waals surface area contributed by atoms with Gasteiger partial charge < -0.3 is 15.0 Å². The summed E-state index contributed by atoms with van der Waals surface area (Å²) < 4.78 is 5.02. The average molecular weight is 403 g/mol. The van der Waals surface area contributed by atoms with Crippen molar-refractivity contribution >= 4 is 34.8 Å². The molecule has 2 rings (SSSR count). The van der Waals surface area contributed by atoms with Crippen LogP contribution in [0.2, 0.25) is 0 Å². The van der Waals surface area contributed by atoms with E-state index in [0.717, 1.165) is 23.2 Å². The Kier molecular flexibility index (Phi) is 8.19. The van der Waals surface area contributed by atoms with E-state index in [0.29, 0.717) is 6.42 Å². The van der Waals surface area contributed by atoms with E-state index in [2.05, 4.69) is 5.32 Å². The summed E-state index contributed by atoms with van der Waals surface area (Å²) in [7, 11) is 1.51. The van der Waals surface area contributed by atoms with Crippen LogP contribution in [0, 0.1) is 13.8 Å². The first-order valence-corrected chi connectivity index (χ1v) is 10.0. The Bertz CT molecular complexity index is 818. The molecule has 0 unspecified atom stereocenters. The summed E-state index contributed by atoms with van der Waals surface area (Å²) >= 11 is 1.65. The van der Waals surface area contributed by atoms with Crippen LogP contribution in [0.15, 0.2) is 35.7 Å². The molecule has 1 aromatic heterocycles. The molecule has 1 aromatic carbocycles. The largest absolute Gasteiger partial charge is 0.456 e. The Labute approximate surface area is 169 Å². The van der Waals surface area contributed by atoms with Crippen LogP contribution in [0.25, 0.3) is 0 Å². The molecule has 0 spiro atoms. The van der Waals surface area contributed by atoms with Gasteiger partial charge in [0, 0.05) is 24.0 Å². The first-order valence-electron chi connectivity index (χ1n) is 9.14. The SMILES string of the molecule is Cc1ccc(C)c(NC(=O)CN(C)C(=O)COC(=O)CCCc2cccs2)c1. The van der Waals surface area contributed by atoms with Gasteiger partial charge >= 0.3 is 5.97 Å². The summed E-state index contributed by atoms with van der Waals surface area (Å²) in [6.45, 7) is 3.38. The Hall–Kier alpha value is -2.67. The van der Waals surface area contributed by atoms with Crippen molar-refractivity contribution in [3.63, 3.8) is 0 Å². The van der Waals surface area contributed by atoms with Crippen molar-refractivity contribution in [2.24, 2.45) is 0 Å². The number of hydrogen-bond acceptors (Lipinski definition) is 5. The number of rotatable bonds is 9. The molecule has 150 valence electrons. The van der Waals surface area contributed by atoms with Gasteiger partial charge in [0.2, 0.25) is 5.91 Å². The van der Waals surface area contributed by atoms with E-state index in [4.69, 9.17) is 4.74 Å². The van der Waals surface area contributed by atoms with Crippen LogP contribution in [0.4, 0.5) is 5.69 Å². The molecule has 0 aliphatic rings. The molecule has 0 aliphatic heterocycles. The van der Waals surface area contributed by atoms with Crippen LogP contribution in [0.1, 0.15) is 28.8 Å². The summed E-state index contributed by atoms with van der Waals surface area (Å²) in [6.07, 6.45) is 1.77. The summed E-state index contributed by atoms with van der Waals surface area (Å²) in [5, 5.41) is 4.80. The monoisotopic (exact) mass is 402 g/mol. The number of hydrogen-bond donors (Lipinski definition) is 1. The van der Waals surface area contributed by atoms with Crippen LogP contribution >= 0.6 is 11.3 Å². The fourth-order valence-electron chi connectivity index (χ4n) is 2.55. The lowest BCUT2D eigenvalue weighted by molar-refractivity contribution is -0.151. The molecule has 0 saturated heterocycles. The van der Waals surface area contributed by atoms with Crippen molar-refractivity contribution in [3.05, 3.63) is 51.7 Å². The number of benzene rings is 1. The minimum atomic E-state index is -0.414. The van der Waals surface area contributed by atoms with Gasteiger partial charge in [-0.3, -0.25) is 14.4 Å². The molecule has 0 atom stereocenters. The fourth-order valence-corrected chi connectivity index (χ4v) is 3.30. The number of thiophene rings is 1. The van der Waals surface area contributed by atoms with Crippen LogP contribution < -0.4 is 5.32 Å². The summed E-state index contributed by atoms with van der Waals surface area (Å²) in [5.41, 5.74) is 2.71. The number of aryl methyl sites for hydroxylation is 3. The first kappa shape index (κ1) is 21.6. The molecular weight excluding hydrogens is 376 g/mol. The zero-order valence-electron chi connectivity index (χ0n) is 16.5. The quantitative estimate of drug-likeness (QED) is 0.653. The normalized spacial score (nSPS) is 10.4. The molecule has 0 radical (unpaired) electrons. The average Bonchev–Trinajstić information content (AvgIpc) is 3.16. The van der Waals surface area contributed by atoms with Gasteiger partial charge in [-0.2, -0.15) is 0 Å². The second-order valence-corrected chi connectivity index (χ2v) is 7.74. The van der Waals surface area contributed by atoms with Gasteiger partial charge in [0.05, 0.1) is 6.54 Å². The van der Waals surface area contributed by atoms with Crippen LogP contribution in [0.3, 0.4) is 0 Å². The topological polar surface area (TPSA) is 75.7 Å². The van der Waals surface area contributed by atoms with Crippen LogP contribution in [0.5, 0.6) is 0 Å². The highest BCUT2D eigenvalue weighted by Gasteiger charge is 2.16. The molecule has 6 nitrogen and oxygen atoms in total. The van der Waals surface area contributed by atoms with E-state index in [1.165, 1.54) is 16.8 Å². The molecule has 2 aromatic rings. The highest BCUT2D eigenvalue weighted by atomic mass is 32.1. The molecule has 1 N–H and O–H groups in total. The lowest BCUT2D eigenvalue weighted by Crippen LogP contribution is -2.37. The van der Waals surface area contributed by atoms with E-state index in [9.17, 15) is 14.4 Å². The molecule has 28 heavy (non-hydrogen) atoms. The van der Waals surface area contributed by atoms with Gasteiger partial charge in [-0.05, 0) is 55.3 Å². The molecule has 2 amide bonds. The Morgan fingerprint density at radius 2 is 1.96 bits per heavy atom. The van der Waals surface area contributed by atoms with Gasteiger partial charge in [0.15, 0.2) is 6.61 Å². The smallest absolute Gasteiger partial charge is 0.306 e. The highest BCUT2D eigenvalue weighted by Crippen LogP contribution is 2.16. The maximum Gasteiger partial charge on any atom is 0.306 e. The predicted octanol–water partition coefficient (Wildman–Crippen LogP) is 3.33. The number of anilines is 1. The molecule has 0 aliphatic carbocycles. The van der Waals surface area contributed by atoms with Gasteiger partial charge in [0.1, 0.15) is 0 Å². The first-order chi connectivity index (χ1) is 13.3. The molecular formula is C21H26N2O4S. The third-order valence-electron chi connectivity index (χ3n) is 4.21. The summed E-state index contributed by atoms with van der Waals surface area (Å²) in [4.78, 5) is 38.5. The van der Waals surface area contributed by atoms with Crippen LogP contribution in [-0.4, -0.2) is 42.9 Å². The van der Waals surface area contributed by atoms with Crippen molar-refractivity contribution in [2.75, 3.05) is 25.5 Å².